The van der Waals surface area contributed by atoms with Crippen LogP contribution in [0.5, 0.6) is 0 Å². The summed E-state index contributed by atoms with van der Waals surface area (Å²) in [6.07, 6.45) is 0.671. The smallest absolute Gasteiger partial charge is 0.180 e. The molecule has 1 unspecified atom stereocenters. The first-order valence-corrected chi connectivity index (χ1v) is 7.07. The summed E-state index contributed by atoms with van der Waals surface area (Å²) in [5.74, 6) is 0.0216. The molecule has 1 rings (SSSR count). The third-order valence-corrected chi connectivity index (χ3v) is 4.61. The van der Waals surface area contributed by atoms with E-state index in [4.69, 9.17) is 5.73 Å². The Morgan fingerprint density at radius 3 is 2.50 bits per heavy atom. The Morgan fingerprint density at radius 2 is 1.94 bits per heavy atom. The monoisotopic (exact) mass is 241 g/mol. The third kappa shape index (κ3) is 3.06. The van der Waals surface area contributed by atoms with Gasteiger partial charge in [0.2, 0.25) is 0 Å². The highest BCUT2D eigenvalue weighted by molar-refractivity contribution is 7.91. The molecular formula is C12H19NO2S. The predicted molar refractivity (Wildman–Crippen MR) is 66.2 cm³/mol. The van der Waals surface area contributed by atoms with Gasteiger partial charge >= 0.3 is 0 Å². The van der Waals surface area contributed by atoms with Crippen LogP contribution in [-0.2, 0) is 9.84 Å². The zero-order valence-electron chi connectivity index (χ0n) is 10.0. The maximum Gasteiger partial charge on any atom is 0.180 e. The van der Waals surface area contributed by atoms with E-state index in [1.165, 1.54) is 0 Å². The Balaban J connectivity index is 3.12. The number of hydrogen-bond donors (Lipinski definition) is 1. The lowest BCUT2D eigenvalue weighted by atomic mass is 10.2. The van der Waals surface area contributed by atoms with Crippen molar-refractivity contribution in [2.24, 2.45) is 5.73 Å². The summed E-state index contributed by atoms with van der Waals surface area (Å²) in [5, 5.41) is 0. The molecule has 16 heavy (non-hydrogen) atoms. The molecule has 0 fully saturated rings. The number of rotatable bonds is 4. The summed E-state index contributed by atoms with van der Waals surface area (Å²) in [6.45, 7) is 5.59. The van der Waals surface area contributed by atoms with Crippen molar-refractivity contribution < 1.29 is 8.42 Å². The van der Waals surface area contributed by atoms with Gasteiger partial charge in [0.25, 0.3) is 0 Å². The summed E-state index contributed by atoms with van der Waals surface area (Å²) < 4.78 is 24.2. The van der Waals surface area contributed by atoms with E-state index in [0.29, 0.717) is 11.3 Å². The van der Waals surface area contributed by atoms with Crippen LogP contribution in [0.4, 0.5) is 0 Å². The highest BCUT2D eigenvalue weighted by Crippen LogP contribution is 2.18. The average Bonchev–Trinajstić information content (AvgIpc) is 2.20. The summed E-state index contributed by atoms with van der Waals surface area (Å²) >= 11 is 0. The van der Waals surface area contributed by atoms with E-state index in [0.717, 1.165) is 11.1 Å². The van der Waals surface area contributed by atoms with Crippen LogP contribution < -0.4 is 5.73 Å². The van der Waals surface area contributed by atoms with Crippen LogP contribution in [0.25, 0.3) is 0 Å². The fraction of sp³-hybridized carbons (Fsp3) is 0.500. The molecule has 0 aliphatic rings. The molecule has 1 aromatic rings. The van der Waals surface area contributed by atoms with Crippen molar-refractivity contribution in [1.29, 1.82) is 0 Å². The summed E-state index contributed by atoms with van der Waals surface area (Å²) in [6, 6.07) is 5.17. The van der Waals surface area contributed by atoms with Crippen molar-refractivity contribution in [2.45, 2.75) is 38.1 Å². The maximum absolute atomic E-state index is 12.1. The van der Waals surface area contributed by atoms with E-state index >= 15 is 0 Å². The van der Waals surface area contributed by atoms with E-state index in [9.17, 15) is 8.42 Å². The number of aryl methyl sites for hydroxylation is 2. The molecule has 90 valence electrons. The Labute approximate surface area is 97.6 Å². The Bertz CT molecular complexity index is 466. The molecule has 1 aromatic carbocycles. The molecule has 0 aliphatic carbocycles. The van der Waals surface area contributed by atoms with Gasteiger partial charge in [-0.05, 0) is 37.5 Å². The minimum Gasteiger partial charge on any atom is -0.327 e. The van der Waals surface area contributed by atoms with Gasteiger partial charge in [0.05, 0.1) is 10.6 Å². The van der Waals surface area contributed by atoms with Gasteiger partial charge in [0, 0.05) is 6.04 Å². The lowest BCUT2D eigenvalue weighted by molar-refractivity contribution is 0.583. The van der Waals surface area contributed by atoms with Crippen molar-refractivity contribution in [2.75, 3.05) is 5.75 Å². The van der Waals surface area contributed by atoms with Gasteiger partial charge in [-0.3, -0.25) is 0 Å². The molecule has 1 atom stereocenters. The van der Waals surface area contributed by atoms with Crippen LogP contribution >= 0.6 is 0 Å². The average molecular weight is 241 g/mol. The summed E-state index contributed by atoms with van der Waals surface area (Å²) in [5.41, 5.74) is 7.44. The fourth-order valence-electron chi connectivity index (χ4n) is 1.53. The lowest BCUT2D eigenvalue weighted by Gasteiger charge is -2.12. The molecule has 0 bridgehead atoms. The summed E-state index contributed by atoms with van der Waals surface area (Å²) in [4.78, 5) is 0.413. The van der Waals surface area contributed by atoms with Crippen LogP contribution in [0.15, 0.2) is 23.1 Å². The number of nitrogens with two attached hydrogens (primary N) is 1. The molecule has 0 heterocycles. The predicted octanol–water partition coefficient (Wildman–Crippen LogP) is 1.81. The second-order valence-corrected chi connectivity index (χ2v) is 6.22. The van der Waals surface area contributed by atoms with E-state index in [-0.39, 0.29) is 11.8 Å². The van der Waals surface area contributed by atoms with Gasteiger partial charge in [-0.2, -0.15) is 0 Å². The van der Waals surface area contributed by atoms with Crippen LogP contribution in [0.1, 0.15) is 24.5 Å². The van der Waals surface area contributed by atoms with Gasteiger partial charge in [-0.1, -0.05) is 19.1 Å². The molecular weight excluding hydrogens is 222 g/mol. The highest BCUT2D eigenvalue weighted by atomic mass is 32.2. The van der Waals surface area contributed by atoms with E-state index in [1.54, 1.807) is 6.07 Å². The first kappa shape index (κ1) is 13.2. The first-order valence-electron chi connectivity index (χ1n) is 5.42. The minimum absolute atomic E-state index is 0.0216. The number of benzene rings is 1. The molecule has 0 radical (unpaired) electrons. The van der Waals surface area contributed by atoms with E-state index in [2.05, 4.69) is 0 Å². The Morgan fingerprint density at radius 1 is 1.31 bits per heavy atom. The molecule has 0 amide bonds. The zero-order chi connectivity index (χ0) is 12.3. The molecule has 0 saturated carbocycles. The van der Waals surface area contributed by atoms with Crippen LogP contribution in [0.2, 0.25) is 0 Å². The van der Waals surface area contributed by atoms with Gasteiger partial charge < -0.3 is 5.73 Å². The molecule has 0 aliphatic heterocycles. The molecule has 0 spiro atoms. The van der Waals surface area contributed by atoms with Crippen molar-refractivity contribution in [3.8, 4) is 0 Å². The number of hydrogen-bond acceptors (Lipinski definition) is 3. The fourth-order valence-corrected chi connectivity index (χ4v) is 3.43. The van der Waals surface area contributed by atoms with E-state index < -0.39 is 9.84 Å². The highest BCUT2D eigenvalue weighted by Gasteiger charge is 2.19. The van der Waals surface area contributed by atoms with Crippen LogP contribution in [-0.4, -0.2) is 20.2 Å². The standard InChI is InChI=1S/C12H19NO2S/c1-4-11(13)8-16(14,15)12-7-9(2)5-6-10(12)3/h5-7,11H,4,8,13H2,1-3H3. The minimum atomic E-state index is -3.25. The van der Waals surface area contributed by atoms with Crippen molar-refractivity contribution in [3.05, 3.63) is 29.3 Å². The largest absolute Gasteiger partial charge is 0.327 e. The quantitative estimate of drug-likeness (QED) is 0.874. The molecule has 3 nitrogen and oxygen atoms in total. The second kappa shape index (κ2) is 4.97. The van der Waals surface area contributed by atoms with Gasteiger partial charge in [-0.25, -0.2) is 8.42 Å². The van der Waals surface area contributed by atoms with Crippen LogP contribution in [0.3, 0.4) is 0 Å². The number of sulfone groups is 1. The molecule has 0 saturated heterocycles. The molecule has 0 aromatic heterocycles. The van der Waals surface area contributed by atoms with E-state index in [1.807, 2.05) is 32.9 Å². The molecule has 2 N–H and O–H groups in total. The van der Waals surface area contributed by atoms with Crippen molar-refractivity contribution in [3.63, 3.8) is 0 Å². The third-order valence-electron chi connectivity index (χ3n) is 2.64. The Hall–Kier alpha value is -0.870. The second-order valence-electron chi connectivity index (χ2n) is 4.22. The zero-order valence-corrected chi connectivity index (χ0v) is 10.8. The van der Waals surface area contributed by atoms with Gasteiger partial charge in [0.15, 0.2) is 9.84 Å². The topological polar surface area (TPSA) is 60.2 Å². The summed E-state index contributed by atoms with van der Waals surface area (Å²) in [7, 11) is -3.25. The normalized spacial score (nSPS) is 13.8. The van der Waals surface area contributed by atoms with Gasteiger partial charge in [-0.15, -0.1) is 0 Å². The van der Waals surface area contributed by atoms with Crippen molar-refractivity contribution >= 4 is 9.84 Å². The van der Waals surface area contributed by atoms with Crippen LogP contribution in [0, 0.1) is 13.8 Å². The first-order chi connectivity index (χ1) is 7.36. The lowest BCUT2D eigenvalue weighted by Crippen LogP contribution is -2.29. The molecule has 4 heteroatoms. The maximum atomic E-state index is 12.1. The van der Waals surface area contributed by atoms with Gasteiger partial charge in [0.1, 0.15) is 0 Å². The van der Waals surface area contributed by atoms with Crippen molar-refractivity contribution in [1.82, 2.24) is 0 Å². The SMILES string of the molecule is CCC(N)CS(=O)(=O)c1cc(C)ccc1C. The Kier molecular flexibility index (Phi) is 4.10.